The zero-order chi connectivity index (χ0) is 15.5. The predicted molar refractivity (Wildman–Crippen MR) is 85.7 cm³/mol. The highest BCUT2D eigenvalue weighted by atomic mass is 35.5. The molecule has 1 atom stereocenters. The van der Waals surface area contributed by atoms with Gasteiger partial charge in [-0.25, -0.2) is 0 Å². The summed E-state index contributed by atoms with van der Waals surface area (Å²) < 4.78 is 5.68. The summed E-state index contributed by atoms with van der Waals surface area (Å²) in [5.41, 5.74) is 0.912. The van der Waals surface area contributed by atoms with E-state index in [-0.39, 0.29) is 5.69 Å². The van der Waals surface area contributed by atoms with E-state index in [4.69, 9.17) is 16.3 Å². The Bertz CT molecular complexity index is 541. The molecule has 0 aliphatic carbocycles. The molecule has 22 heavy (non-hydrogen) atoms. The summed E-state index contributed by atoms with van der Waals surface area (Å²) in [6.45, 7) is 5.58. The Balaban J connectivity index is 1.57. The van der Waals surface area contributed by atoms with Crippen molar-refractivity contribution in [1.29, 1.82) is 0 Å². The monoisotopic (exact) mass is 325 g/mol. The molecule has 0 bridgehead atoms. The number of rotatable bonds is 4. The summed E-state index contributed by atoms with van der Waals surface area (Å²) in [6, 6.07) is 4.69. The molecule has 0 aromatic heterocycles. The summed E-state index contributed by atoms with van der Waals surface area (Å²) in [6.07, 6.45) is 2.71. The molecule has 2 heterocycles. The van der Waals surface area contributed by atoms with Crippen molar-refractivity contribution in [1.82, 2.24) is 4.90 Å². The van der Waals surface area contributed by atoms with Crippen LogP contribution in [0.1, 0.15) is 12.8 Å². The van der Waals surface area contributed by atoms with Crippen LogP contribution in [0, 0.1) is 10.1 Å². The Labute approximate surface area is 134 Å². The van der Waals surface area contributed by atoms with Crippen molar-refractivity contribution in [2.45, 2.75) is 18.9 Å². The van der Waals surface area contributed by atoms with E-state index in [1.165, 1.54) is 18.6 Å². The van der Waals surface area contributed by atoms with E-state index in [9.17, 15) is 10.1 Å². The molecular formula is C15H20ClN3O3. The van der Waals surface area contributed by atoms with Crippen LogP contribution in [0.2, 0.25) is 5.02 Å². The molecule has 2 aliphatic heterocycles. The molecule has 2 fully saturated rings. The van der Waals surface area contributed by atoms with E-state index >= 15 is 0 Å². The fraction of sp³-hybridized carbons (Fsp3) is 0.600. The summed E-state index contributed by atoms with van der Waals surface area (Å²) in [7, 11) is 0. The van der Waals surface area contributed by atoms with Gasteiger partial charge in [0.25, 0.3) is 5.69 Å². The van der Waals surface area contributed by atoms with Gasteiger partial charge in [0.2, 0.25) is 0 Å². The second-order valence-corrected chi connectivity index (χ2v) is 6.22. The Morgan fingerprint density at radius 2 is 2.09 bits per heavy atom. The van der Waals surface area contributed by atoms with Crippen LogP contribution < -0.4 is 4.90 Å². The van der Waals surface area contributed by atoms with Crippen molar-refractivity contribution in [2.24, 2.45) is 0 Å². The lowest BCUT2D eigenvalue weighted by Gasteiger charge is -2.37. The van der Waals surface area contributed by atoms with Crippen LogP contribution in [0.4, 0.5) is 11.4 Å². The maximum absolute atomic E-state index is 10.8. The molecule has 0 radical (unpaired) electrons. The third kappa shape index (κ3) is 3.51. The van der Waals surface area contributed by atoms with Gasteiger partial charge < -0.3 is 9.64 Å². The lowest BCUT2D eigenvalue weighted by atomic mass is 10.2. The number of nitro benzene ring substituents is 1. The average molecular weight is 326 g/mol. The molecule has 0 saturated carbocycles. The van der Waals surface area contributed by atoms with Gasteiger partial charge in [-0.3, -0.25) is 15.0 Å². The van der Waals surface area contributed by atoms with E-state index < -0.39 is 4.92 Å². The highest BCUT2D eigenvalue weighted by molar-refractivity contribution is 6.33. The van der Waals surface area contributed by atoms with Gasteiger partial charge in [-0.1, -0.05) is 11.6 Å². The minimum Gasteiger partial charge on any atom is -0.377 e. The van der Waals surface area contributed by atoms with Gasteiger partial charge in [0.05, 0.1) is 21.7 Å². The quantitative estimate of drug-likeness (QED) is 0.629. The van der Waals surface area contributed by atoms with Gasteiger partial charge in [0.1, 0.15) is 0 Å². The van der Waals surface area contributed by atoms with E-state index in [1.807, 2.05) is 0 Å². The minimum absolute atomic E-state index is 0.0331. The van der Waals surface area contributed by atoms with Gasteiger partial charge in [0.15, 0.2) is 0 Å². The highest BCUT2D eigenvalue weighted by Gasteiger charge is 2.24. The summed E-state index contributed by atoms with van der Waals surface area (Å²) in [5, 5.41) is 11.2. The topological polar surface area (TPSA) is 58.9 Å². The first-order valence-corrected chi connectivity index (χ1v) is 8.04. The van der Waals surface area contributed by atoms with Gasteiger partial charge in [-0.2, -0.15) is 0 Å². The molecule has 2 aliphatic rings. The zero-order valence-corrected chi connectivity index (χ0v) is 13.2. The van der Waals surface area contributed by atoms with Crippen LogP contribution in [0.3, 0.4) is 0 Å². The number of piperazine rings is 1. The number of benzene rings is 1. The first kappa shape index (κ1) is 15.5. The number of hydrogen-bond acceptors (Lipinski definition) is 5. The number of halogens is 1. The smallest absolute Gasteiger partial charge is 0.271 e. The Kier molecular flexibility index (Phi) is 4.81. The Morgan fingerprint density at radius 3 is 2.68 bits per heavy atom. The molecular weight excluding hydrogens is 306 g/mol. The van der Waals surface area contributed by atoms with Crippen LogP contribution in [0.25, 0.3) is 0 Å². The second kappa shape index (κ2) is 6.81. The fourth-order valence-corrected chi connectivity index (χ4v) is 3.41. The zero-order valence-electron chi connectivity index (χ0n) is 12.4. The molecule has 0 spiro atoms. The van der Waals surface area contributed by atoms with E-state index in [1.54, 1.807) is 6.07 Å². The van der Waals surface area contributed by atoms with Crippen molar-refractivity contribution in [3.05, 3.63) is 33.3 Å². The van der Waals surface area contributed by atoms with Crippen LogP contribution in [0.5, 0.6) is 0 Å². The number of hydrogen-bond donors (Lipinski definition) is 0. The Hall–Kier alpha value is -1.37. The maximum Gasteiger partial charge on any atom is 0.271 e. The van der Waals surface area contributed by atoms with E-state index in [2.05, 4.69) is 9.80 Å². The first-order valence-electron chi connectivity index (χ1n) is 7.66. The molecule has 0 N–H and O–H groups in total. The van der Waals surface area contributed by atoms with Crippen LogP contribution >= 0.6 is 11.6 Å². The molecule has 7 heteroatoms. The molecule has 3 rings (SSSR count). The predicted octanol–water partition coefficient (Wildman–Crippen LogP) is 2.55. The van der Waals surface area contributed by atoms with E-state index in [0.29, 0.717) is 11.1 Å². The molecule has 0 amide bonds. The lowest BCUT2D eigenvalue weighted by Crippen LogP contribution is -2.48. The fourth-order valence-electron chi connectivity index (χ4n) is 3.11. The van der Waals surface area contributed by atoms with Crippen molar-refractivity contribution < 1.29 is 9.66 Å². The third-order valence-corrected chi connectivity index (χ3v) is 4.64. The number of non-ortho nitro benzene ring substituents is 1. The summed E-state index contributed by atoms with van der Waals surface area (Å²) in [4.78, 5) is 15.0. The standard InChI is InChI=1S/C15H20ClN3O3/c16-14-10-12(19(20)21)3-4-15(14)18-7-5-17(6-8-18)11-13-2-1-9-22-13/h3-4,10,13H,1-2,5-9,11H2. The SMILES string of the molecule is O=[N+]([O-])c1ccc(N2CCN(CC3CCCO3)CC2)c(Cl)c1. The normalized spacial score (nSPS) is 23.0. The molecule has 1 aromatic carbocycles. The molecule has 1 aromatic rings. The molecule has 120 valence electrons. The van der Waals surface area contributed by atoms with Crippen LogP contribution in [-0.4, -0.2) is 55.3 Å². The van der Waals surface area contributed by atoms with E-state index in [0.717, 1.165) is 51.4 Å². The molecule has 6 nitrogen and oxygen atoms in total. The van der Waals surface area contributed by atoms with Crippen LogP contribution in [0.15, 0.2) is 18.2 Å². The lowest BCUT2D eigenvalue weighted by molar-refractivity contribution is -0.384. The van der Waals surface area contributed by atoms with Crippen molar-refractivity contribution in [3.63, 3.8) is 0 Å². The molecule has 2 saturated heterocycles. The van der Waals surface area contributed by atoms with Crippen molar-refractivity contribution >= 4 is 23.0 Å². The number of nitrogens with zero attached hydrogens (tertiary/aromatic N) is 3. The van der Waals surface area contributed by atoms with Gasteiger partial charge in [-0.15, -0.1) is 0 Å². The van der Waals surface area contributed by atoms with Gasteiger partial charge >= 0.3 is 0 Å². The molecule has 1 unspecified atom stereocenters. The van der Waals surface area contributed by atoms with Crippen molar-refractivity contribution in [3.8, 4) is 0 Å². The Morgan fingerprint density at radius 1 is 1.32 bits per heavy atom. The largest absolute Gasteiger partial charge is 0.377 e. The number of nitro groups is 1. The highest BCUT2D eigenvalue weighted by Crippen LogP contribution is 2.30. The average Bonchev–Trinajstić information content (AvgIpc) is 3.01. The minimum atomic E-state index is -0.421. The van der Waals surface area contributed by atoms with Gasteiger partial charge in [0, 0.05) is 51.5 Å². The third-order valence-electron chi connectivity index (χ3n) is 4.34. The summed E-state index contributed by atoms with van der Waals surface area (Å²) in [5.74, 6) is 0. The maximum atomic E-state index is 10.8. The van der Waals surface area contributed by atoms with Crippen LogP contribution in [-0.2, 0) is 4.74 Å². The second-order valence-electron chi connectivity index (χ2n) is 5.82. The van der Waals surface area contributed by atoms with Crippen molar-refractivity contribution in [2.75, 3.05) is 44.2 Å². The summed E-state index contributed by atoms with van der Waals surface area (Å²) >= 11 is 6.20. The number of ether oxygens (including phenoxy) is 1. The first-order chi connectivity index (χ1) is 10.6. The van der Waals surface area contributed by atoms with Gasteiger partial charge in [-0.05, 0) is 18.9 Å². The number of anilines is 1.